The van der Waals surface area contributed by atoms with E-state index in [4.69, 9.17) is 55.2 Å². The van der Waals surface area contributed by atoms with E-state index in [1.165, 1.54) is 0 Å². The zero-order valence-electron chi connectivity index (χ0n) is 17.7. The fourth-order valence-corrected chi connectivity index (χ4v) is 2.64. The fraction of sp³-hybridized carbons (Fsp3) is 0.857. The number of nitrogens with two attached hydrogens (primary N) is 1. The van der Waals surface area contributed by atoms with E-state index < -0.39 is 52.9 Å². The van der Waals surface area contributed by atoms with Crippen LogP contribution in [0.25, 0.3) is 0 Å². The van der Waals surface area contributed by atoms with Gasteiger partial charge in [0.05, 0.1) is 51.8 Å². The molecule has 2 unspecified atom stereocenters. The van der Waals surface area contributed by atoms with Crippen molar-refractivity contribution in [2.24, 2.45) is 5.73 Å². The molecule has 2 heterocycles. The Labute approximate surface area is 193 Å². The first-order valence-electron chi connectivity index (χ1n) is 9.40. The zero-order valence-corrected chi connectivity index (χ0v) is 19.5. The van der Waals surface area contributed by atoms with Gasteiger partial charge >= 0.3 is 27.6 Å². The third kappa shape index (κ3) is 19.2. The number of aliphatic hydroxyl groups excluding tert-OH is 2. The molecule has 0 spiro atoms. The van der Waals surface area contributed by atoms with E-state index in [1.807, 2.05) is 0 Å². The minimum Gasteiger partial charge on any atom is -0.480 e. The van der Waals surface area contributed by atoms with Crippen LogP contribution in [-0.4, -0.2) is 134 Å². The van der Waals surface area contributed by atoms with Crippen molar-refractivity contribution in [3.63, 3.8) is 0 Å². The number of carbonyl (C=O) groups is 2. The van der Waals surface area contributed by atoms with Crippen LogP contribution in [0, 0.1) is 0 Å². The minimum atomic E-state index is -4.69. The number of carboxylic acids is 2. The van der Waals surface area contributed by atoms with Gasteiger partial charge in [-0.1, -0.05) is 0 Å². The molecular weight excluding hydrogens is 514 g/mol. The molecule has 4 atom stereocenters. The van der Waals surface area contributed by atoms with E-state index in [9.17, 15) is 18.7 Å². The lowest BCUT2D eigenvalue weighted by Gasteiger charge is -2.27. The second-order valence-corrected chi connectivity index (χ2v) is 9.16. The van der Waals surface area contributed by atoms with Crippen molar-refractivity contribution >= 4 is 27.6 Å². The molecule has 202 valence electrons. The van der Waals surface area contributed by atoms with Gasteiger partial charge in [0.15, 0.2) is 0 Å². The van der Waals surface area contributed by atoms with Crippen LogP contribution in [0.2, 0.25) is 0 Å². The molecule has 2 saturated heterocycles. The van der Waals surface area contributed by atoms with Gasteiger partial charge in [-0.05, 0) is 0 Å². The maximum atomic E-state index is 11.2. The molecule has 0 aromatic carbocycles. The highest BCUT2D eigenvalue weighted by atomic mass is 31.2. The largest absolute Gasteiger partial charge is 0.480 e. The molecule has 0 amide bonds. The Kier molecular flexibility index (Phi) is 15.3. The summed E-state index contributed by atoms with van der Waals surface area (Å²) in [6.45, 7) is 0.336. The molecule has 0 bridgehead atoms. The third-order valence-electron chi connectivity index (χ3n) is 3.65. The number of hydrogen-bond donors (Lipinski definition) is 9. The number of epoxide rings is 2. The van der Waals surface area contributed by atoms with Crippen molar-refractivity contribution < 1.29 is 77.2 Å². The molecule has 0 aliphatic carbocycles. The summed E-state index contributed by atoms with van der Waals surface area (Å²) in [5, 5.41) is 32.5. The summed E-state index contributed by atoms with van der Waals surface area (Å²) in [5.74, 6) is -2.58. The number of nitrogens with zero attached hydrogens (tertiary/aromatic N) is 1. The molecule has 20 heteroatoms. The third-order valence-corrected chi connectivity index (χ3v) is 4.62. The highest BCUT2D eigenvalue weighted by Crippen LogP contribution is 2.36. The van der Waals surface area contributed by atoms with Gasteiger partial charge in [0, 0.05) is 13.1 Å². The van der Waals surface area contributed by atoms with Crippen molar-refractivity contribution in [3.8, 4) is 0 Å². The van der Waals surface area contributed by atoms with Crippen LogP contribution in [0.5, 0.6) is 0 Å². The van der Waals surface area contributed by atoms with Gasteiger partial charge in [0.2, 0.25) is 0 Å². The Morgan fingerprint density at radius 2 is 1.26 bits per heavy atom. The lowest BCUT2D eigenvalue weighted by atomic mass is 10.2. The summed E-state index contributed by atoms with van der Waals surface area (Å²) >= 11 is 0. The van der Waals surface area contributed by atoms with Gasteiger partial charge in [-0.3, -0.25) is 23.5 Å². The van der Waals surface area contributed by atoms with Crippen molar-refractivity contribution in [1.82, 2.24) is 4.90 Å². The summed E-state index contributed by atoms with van der Waals surface area (Å²) in [5.41, 5.74) is 4.86. The first-order chi connectivity index (χ1) is 15.6. The lowest BCUT2D eigenvalue weighted by Crippen LogP contribution is -2.47. The maximum Gasteiger partial charge on any atom is 0.469 e. The van der Waals surface area contributed by atoms with Crippen molar-refractivity contribution in [1.29, 1.82) is 0 Å². The number of carboxylic acid groups (broad SMARTS) is 2. The molecule has 2 aliphatic heterocycles. The van der Waals surface area contributed by atoms with Crippen molar-refractivity contribution in [2.45, 2.75) is 24.3 Å². The lowest BCUT2D eigenvalue weighted by molar-refractivity contribution is -0.145. The van der Waals surface area contributed by atoms with Crippen LogP contribution < -0.4 is 5.73 Å². The second-order valence-electron chi connectivity index (χ2n) is 6.68. The van der Waals surface area contributed by atoms with E-state index in [-0.39, 0.29) is 25.4 Å². The van der Waals surface area contributed by atoms with E-state index in [0.717, 1.165) is 0 Å². The molecule has 0 aromatic rings. The SMILES string of the molecule is N[C@@H](COP(=O)(O)O)C(=O)O.O=C(O)[C@H](COP(=O)(O)O)N(CC1CO1)CC1CO1.OCCO. The smallest absolute Gasteiger partial charge is 0.469 e. The summed E-state index contributed by atoms with van der Waals surface area (Å²) in [6, 6.07) is -2.55. The van der Waals surface area contributed by atoms with Gasteiger partial charge in [-0.25, -0.2) is 9.13 Å². The van der Waals surface area contributed by atoms with Gasteiger partial charge in [-0.2, -0.15) is 0 Å². The van der Waals surface area contributed by atoms with Crippen LogP contribution in [-0.2, 0) is 37.2 Å². The summed E-state index contributed by atoms with van der Waals surface area (Å²) in [6.07, 6.45) is -0.0636. The van der Waals surface area contributed by atoms with E-state index in [2.05, 4.69) is 9.05 Å². The molecule has 0 radical (unpaired) electrons. The average Bonchev–Trinajstić information content (AvgIpc) is 3.62. The number of aliphatic hydroxyl groups is 2. The zero-order chi connectivity index (χ0) is 26.5. The Hall–Kier alpha value is -1.08. The number of ether oxygens (including phenoxy) is 2. The first kappa shape index (κ1) is 32.9. The Bertz CT molecular complexity index is 690. The second kappa shape index (κ2) is 15.8. The molecule has 0 aromatic heterocycles. The summed E-state index contributed by atoms with van der Waals surface area (Å²) in [4.78, 5) is 56.2. The van der Waals surface area contributed by atoms with Gasteiger partial charge in [0.25, 0.3) is 0 Å². The molecular formula is C14H30N2O16P2. The van der Waals surface area contributed by atoms with Crippen molar-refractivity contribution in [3.05, 3.63) is 0 Å². The highest BCUT2D eigenvalue weighted by molar-refractivity contribution is 7.46. The van der Waals surface area contributed by atoms with Crippen LogP contribution in [0.4, 0.5) is 0 Å². The number of aliphatic carboxylic acids is 2. The predicted octanol–water partition coefficient (Wildman–Crippen LogP) is -3.87. The van der Waals surface area contributed by atoms with Crippen LogP contribution in [0.3, 0.4) is 0 Å². The Morgan fingerprint density at radius 3 is 1.53 bits per heavy atom. The molecule has 34 heavy (non-hydrogen) atoms. The maximum absolute atomic E-state index is 11.2. The standard InChI is InChI=1S/C9H16NO8P.C3H8NO6P.C2H6O2/c11-9(12)8(5-18-19(13,14)15)10(1-6-3-16-6)2-7-4-17-7;4-2(3(5)6)1-10-11(7,8)9;3-1-2-4/h6-8H,1-5H2,(H,11,12)(H2,13,14,15);2H,1,4H2,(H,5,6)(H2,7,8,9);3-4H,1-2H2/t6?,7?,8-;2-;/m00./s1. The molecule has 10 N–H and O–H groups in total. The molecule has 2 aliphatic rings. The minimum absolute atomic E-state index is 0.0318. The number of phosphoric acid groups is 2. The topological polar surface area (TPSA) is 303 Å². The molecule has 2 fully saturated rings. The fourth-order valence-electron chi connectivity index (χ4n) is 1.95. The van der Waals surface area contributed by atoms with Crippen LogP contribution in [0.15, 0.2) is 0 Å². The monoisotopic (exact) mass is 544 g/mol. The van der Waals surface area contributed by atoms with Gasteiger partial charge in [0.1, 0.15) is 12.1 Å². The van der Waals surface area contributed by atoms with Crippen molar-refractivity contribution in [2.75, 3.05) is 52.7 Å². The quantitative estimate of drug-likeness (QED) is 0.0746. The highest BCUT2D eigenvalue weighted by Gasteiger charge is 2.37. The number of rotatable bonds is 14. The Morgan fingerprint density at radius 1 is 0.882 bits per heavy atom. The molecule has 18 nitrogen and oxygen atoms in total. The molecule has 2 rings (SSSR count). The first-order valence-corrected chi connectivity index (χ1v) is 12.5. The normalized spacial score (nSPS) is 20.8. The molecule has 0 saturated carbocycles. The van der Waals surface area contributed by atoms with E-state index in [0.29, 0.717) is 26.3 Å². The Balaban J connectivity index is 0.000000616. The van der Waals surface area contributed by atoms with E-state index in [1.54, 1.807) is 4.90 Å². The van der Waals surface area contributed by atoms with Gasteiger partial charge in [-0.15, -0.1) is 0 Å². The average molecular weight is 544 g/mol. The van der Waals surface area contributed by atoms with Crippen LogP contribution >= 0.6 is 15.6 Å². The summed E-state index contributed by atoms with van der Waals surface area (Å²) < 4.78 is 38.8. The number of phosphoric ester groups is 2. The summed E-state index contributed by atoms with van der Waals surface area (Å²) in [7, 11) is -9.29. The van der Waals surface area contributed by atoms with E-state index >= 15 is 0 Å². The predicted molar refractivity (Wildman–Crippen MR) is 108 cm³/mol. The number of hydrogen-bond acceptors (Lipinski definition) is 12. The van der Waals surface area contributed by atoms with Gasteiger partial charge < -0.3 is 55.2 Å². The van der Waals surface area contributed by atoms with Crippen LogP contribution in [0.1, 0.15) is 0 Å².